The van der Waals surface area contributed by atoms with Crippen molar-refractivity contribution in [3.05, 3.63) is 0 Å². The van der Waals surface area contributed by atoms with Crippen LogP contribution in [0.15, 0.2) is 0 Å². The molecule has 0 aromatic heterocycles. The maximum Gasteiger partial charge on any atom is 0.312 e. The number of ether oxygens (including phenoxy) is 2. The lowest BCUT2D eigenvalue weighted by molar-refractivity contribution is -0.161. The van der Waals surface area contributed by atoms with Crippen molar-refractivity contribution in [2.75, 3.05) is 40.5 Å². The Morgan fingerprint density at radius 1 is 1.36 bits per heavy atom. The molecule has 1 aliphatic heterocycles. The van der Waals surface area contributed by atoms with Crippen LogP contribution in [-0.4, -0.2) is 62.5 Å². The lowest BCUT2D eigenvalue weighted by Gasteiger charge is -2.36. The number of hydrogen-bond donors (Lipinski definition) is 1. The Hall–Kier alpha value is -0.650. The maximum absolute atomic E-state index is 12.2. The van der Waals surface area contributed by atoms with Crippen LogP contribution in [0.2, 0.25) is 0 Å². The number of aliphatic hydroxyl groups is 1. The zero-order valence-electron chi connectivity index (χ0n) is 14.1. The van der Waals surface area contributed by atoms with Crippen LogP contribution in [0.25, 0.3) is 0 Å². The highest BCUT2D eigenvalue weighted by atomic mass is 16.5. The molecule has 5 heteroatoms. The first-order chi connectivity index (χ1) is 10.6. The van der Waals surface area contributed by atoms with Gasteiger partial charge >= 0.3 is 5.97 Å². The van der Waals surface area contributed by atoms with Gasteiger partial charge in [-0.2, -0.15) is 0 Å². The van der Waals surface area contributed by atoms with E-state index in [1.165, 1.54) is 32.8 Å². The van der Waals surface area contributed by atoms with Gasteiger partial charge in [0.05, 0.1) is 18.6 Å². The SMILES string of the molecule is COC(=O)C1(CC(O)CN(C)CC2CCCC2)CCOCC1. The van der Waals surface area contributed by atoms with Gasteiger partial charge < -0.3 is 19.5 Å². The van der Waals surface area contributed by atoms with E-state index in [2.05, 4.69) is 11.9 Å². The first-order valence-corrected chi connectivity index (χ1v) is 8.58. The Morgan fingerprint density at radius 3 is 2.59 bits per heavy atom. The highest BCUT2D eigenvalue weighted by molar-refractivity contribution is 5.76. The number of esters is 1. The van der Waals surface area contributed by atoms with E-state index in [-0.39, 0.29) is 5.97 Å². The van der Waals surface area contributed by atoms with Crippen molar-refractivity contribution in [1.29, 1.82) is 0 Å². The average Bonchev–Trinajstić information content (AvgIpc) is 2.99. The predicted octanol–water partition coefficient (Wildman–Crippen LogP) is 1.83. The molecule has 2 rings (SSSR count). The fourth-order valence-electron chi connectivity index (χ4n) is 4.05. The van der Waals surface area contributed by atoms with Crippen molar-refractivity contribution in [2.24, 2.45) is 11.3 Å². The molecule has 128 valence electrons. The number of aliphatic hydroxyl groups excluding tert-OH is 1. The van der Waals surface area contributed by atoms with Crippen molar-refractivity contribution in [1.82, 2.24) is 4.90 Å². The second kappa shape index (κ2) is 8.27. The molecule has 2 aliphatic rings. The summed E-state index contributed by atoms with van der Waals surface area (Å²) < 4.78 is 10.4. The van der Waals surface area contributed by atoms with Crippen molar-refractivity contribution in [3.8, 4) is 0 Å². The number of carbonyl (C=O) groups excluding carboxylic acids is 1. The smallest absolute Gasteiger partial charge is 0.312 e. The van der Waals surface area contributed by atoms with Gasteiger partial charge in [0.15, 0.2) is 0 Å². The summed E-state index contributed by atoms with van der Waals surface area (Å²) in [5.41, 5.74) is -0.569. The van der Waals surface area contributed by atoms with E-state index in [1.54, 1.807) is 0 Å². The van der Waals surface area contributed by atoms with Crippen molar-refractivity contribution >= 4 is 5.97 Å². The zero-order valence-corrected chi connectivity index (χ0v) is 14.1. The van der Waals surface area contributed by atoms with Gasteiger partial charge in [-0.05, 0) is 45.1 Å². The van der Waals surface area contributed by atoms with Gasteiger partial charge in [-0.15, -0.1) is 0 Å². The molecule has 0 aromatic rings. The van der Waals surface area contributed by atoms with Crippen LogP contribution in [0.3, 0.4) is 0 Å². The second-order valence-corrected chi connectivity index (χ2v) is 7.11. The minimum absolute atomic E-state index is 0.201. The first kappa shape index (κ1) is 17.7. The number of likely N-dealkylation sites (N-methyl/N-ethyl adjacent to an activating group) is 1. The monoisotopic (exact) mass is 313 g/mol. The highest BCUT2D eigenvalue weighted by Gasteiger charge is 2.42. The van der Waals surface area contributed by atoms with Gasteiger partial charge in [-0.1, -0.05) is 12.8 Å². The summed E-state index contributed by atoms with van der Waals surface area (Å²) in [6.07, 6.45) is 6.56. The van der Waals surface area contributed by atoms with E-state index in [0.717, 1.165) is 12.5 Å². The minimum atomic E-state index is -0.569. The number of hydrogen-bond acceptors (Lipinski definition) is 5. The van der Waals surface area contributed by atoms with Crippen LogP contribution in [0, 0.1) is 11.3 Å². The Bertz CT molecular complexity index is 349. The van der Waals surface area contributed by atoms with E-state index in [0.29, 0.717) is 39.0 Å². The molecule has 0 radical (unpaired) electrons. The minimum Gasteiger partial charge on any atom is -0.469 e. The van der Waals surface area contributed by atoms with E-state index in [1.807, 2.05) is 0 Å². The summed E-state index contributed by atoms with van der Waals surface area (Å²) >= 11 is 0. The molecule has 1 heterocycles. The summed E-state index contributed by atoms with van der Waals surface area (Å²) in [7, 11) is 3.49. The van der Waals surface area contributed by atoms with E-state index in [9.17, 15) is 9.90 Å². The predicted molar refractivity (Wildman–Crippen MR) is 84.6 cm³/mol. The topological polar surface area (TPSA) is 59.0 Å². The van der Waals surface area contributed by atoms with Crippen molar-refractivity contribution in [2.45, 2.75) is 51.0 Å². The van der Waals surface area contributed by atoms with Crippen LogP contribution in [-0.2, 0) is 14.3 Å². The number of carbonyl (C=O) groups is 1. The summed E-state index contributed by atoms with van der Waals surface area (Å²) in [5.74, 6) is 0.572. The molecule has 0 aromatic carbocycles. The number of nitrogens with zero attached hydrogens (tertiary/aromatic N) is 1. The molecule has 0 spiro atoms. The molecule has 2 fully saturated rings. The normalized spacial score (nSPS) is 23.6. The Kier molecular flexibility index (Phi) is 6.66. The summed E-state index contributed by atoms with van der Waals surface area (Å²) in [5, 5.41) is 10.5. The van der Waals surface area contributed by atoms with Crippen molar-refractivity contribution < 1.29 is 19.4 Å². The molecular formula is C17H31NO4. The molecule has 1 aliphatic carbocycles. The van der Waals surface area contributed by atoms with Crippen LogP contribution in [0.5, 0.6) is 0 Å². The van der Waals surface area contributed by atoms with E-state index >= 15 is 0 Å². The molecule has 0 amide bonds. The van der Waals surface area contributed by atoms with Crippen LogP contribution >= 0.6 is 0 Å². The lowest BCUT2D eigenvalue weighted by atomic mass is 9.75. The molecule has 22 heavy (non-hydrogen) atoms. The molecule has 5 nitrogen and oxygen atoms in total. The zero-order chi connectivity index (χ0) is 16.0. The van der Waals surface area contributed by atoms with Gasteiger partial charge in [0.25, 0.3) is 0 Å². The standard InChI is InChI=1S/C17H31NO4/c1-18(12-14-5-3-4-6-14)13-15(19)11-17(16(20)21-2)7-9-22-10-8-17/h14-15,19H,3-13H2,1-2H3. The van der Waals surface area contributed by atoms with Gasteiger partial charge in [0.2, 0.25) is 0 Å². The van der Waals surface area contributed by atoms with E-state index < -0.39 is 11.5 Å². The van der Waals surface area contributed by atoms with Crippen LogP contribution in [0.1, 0.15) is 44.9 Å². The fraction of sp³-hybridized carbons (Fsp3) is 0.941. The maximum atomic E-state index is 12.2. The molecule has 1 atom stereocenters. The highest BCUT2D eigenvalue weighted by Crippen LogP contribution is 2.37. The average molecular weight is 313 g/mol. The first-order valence-electron chi connectivity index (χ1n) is 8.58. The summed E-state index contributed by atoms with van der Waals surface area (Å²) in [6.45, 7) is 2.81. The Balaban J connectivity index is 1.84. The number of rotatable bonds is 7. The van der Waals surface area contributed by atoms with Gasteiger partial charge in [0, 0.05) is 26.3 Å². The molecule has 1 unspecified atom stereocenters. The number of methoxy groups -OCH3 is 1. The quantitative estimate of drug-likeness (QED) is 0.727. The summed E-state index contributed by atoms with van der Waals surface area (Å²) in [4.78, 5) is 14.4. The second-order valence-electron chi connectivity index (χ2n) is 7.11. The Labute approximate surface area is 134 Å². The Morgan fingerprint density at radius 2 is 2.00 bits per heavy atom. The van der Waals surface area contributed by atoms with Crippen molar-refractivity contribution in [3.63, 3.8) is 0 Å². The van der Waals surface area contributed by atoms with E-state index in [4.69, 9.17) is 9.47 Å². The molecule has 0 bridgehead atoms. The largest absolute Gasteiger partial charge is 0.469 e. The molecule has 1 saturated heterocycles. The third-order valence-corrected chi connectivity index (χ3v) is 5.26. The third kappa shape index (κ3) is 4.67. The third-order valence-electron chi connectivity index (χ3n) is 5.26. The molecule has 1 N–H and O–H groups in total. The summed E-state index contributed by atoms with van der Waals surface area (Å²) in [6, 6.07) is 0. The van der Waals surface area contributed by atoms with Gasteiger partial charge in [0.1, 0.15) is 0 Å². The van der Waals surface area contributed by atoms with Gasteiger partial charge in [-0.25, -0.2) is 0 Å². The lowest BCUT2D eigenvalue weighted by Crippen LogP contribution is -2.43. The fourth-order valence-corrected chi connectivity index (χ4v) is 4.05. The molecule has 1 saturated carbocycles. The molecular weight excluding hydrogens is 282 g/mol. The van der Waals surface area contributed by atoms with Crippen LogP contribution < -0.4 is 0 Å². The van der Waals surface area contributed by atoms with Crippen LogP contribution in [0.4, 0.5) is 0 Å². The van der Waals surface area contributed by atoms with Gasteiger partial charge in [-0.3, -0.25) is 4.79 Å².